The van der Waals surface area contributed by atoms with E-state index in [0.717, 1.165) is 29.2 Å². The average molecular weight is 372 g/mol. The first-order valence-electron chi connectivity index (χ1n) is 6.76. The average Bonchev–Trinajstić information content (AvgIpc) is 2.97. The van der Waals surface area contributed by atoms with Gasteiger partial charge in [0.1, 0.15) is 11.5 Å². The number of nitrogens with zero attached hydrogens (tertiary/aromatic N) is 1. The van der Waals surface area contributed by atoms with Gasteiger partial charge in [0, 0.05) is 24.5 Å². The lowest BCUT2D eigenvalue weighted by atomic mass is 10.2. The fourth-order valence-corrected chi connectivity index (χ4v) is 2.34. The summed E-state index contributed by atoms with van der Waals surface area (Å²) in [4.78, 5) is 4.09. The second-order valence-corrected chi connectivity index (χ2v) is 5.12. The molecule has 0 amide bonds. The minimum absolute atomic E-state index is 0. The summed E-state index contributed by atoms with van der Waals surface area (Å²) in [6.07, 6.45) is 3.62. The standard InChI is InChI=1S/C17H15ClN2O.2ClH/c18-16-6-2-1-5-15(16)17-8-7-14(21-17)12-20-11-13-4-3-9-19-10-13;;/h1-10,20H,11-12H2;2*1H. The molecule has 6 heteroatoms. The van der Waals surface area contributed by atoms with E-state index in [-0.39, 0.29) is 24.8 Å². The lowest BCUT2D eigenvalue weighted by molar-refractivity contribution is 0.493. The first-order valence-corrected chi connectivity index (χ1v) is 7.14. The van der Waals surface area contributed by atoms with Crippen molar-refractivity contribution in [1.82, 2.24) is 10.3 Å². The molecule has 0 spiro atoms. The number of halogens is 3. The Bertz CT molecular complexity index is 717. The minimum Gasteiger partial charge on any atom is -0.460 e. The molecular weight excluding hydrogens is 355 g/mol. The third-order valence-corrected chi connectivity index (χ3v) is 3.48. The van der Waals surface area contributed by atoms with E-state index in [0.29, 0.717) is 11.6 Å². The minimum atomic E-state index is 0. The fraction of sp³-hybridized carbons (Fsp3) is 0.118. The lowest BCUT2D eigenvalue weighted by Gasteiger charge is -2.03. The van der Waals surface area contributed by atoms with E-state index in [4.69, 9.17) is 16.0 Å². The molecule has 0 saturated heterocycles. The molecule has 2 heterocycles. The molecule has 3 aromatic rings. The number of hydrogen-bond donors (Lipinski definition) is 1. The topological polar surface area (TPSA) is 38.1 Å². The van der Waals surface area contributed by atoms with Crippen LogP contribution in [0.25, 0.3) is 11.3 Å². The largest absolute Gasteiger partial charge is 0.460 e. The summed E-state index contributed by atoms with van der Waals surface area (Å²) in [6.45, 7) is 1.43. The molecule has 122 valence electrons. The van der Waals surface area contributed by atoms with Crippen LogP contribution in [0.2, 0.25) is 5.02 Å². The van der Waals surface area contributed by atoms with Crippen molar-refractivity contribution in [2.24, 2.45) is 0 Å². The number of furan rings is 1. The molecule has 0 aliphatic carbocycles. The third-order valence-electron chi connectivity index (χ3n) is 3.15. The van der Waals surface area contributed by atoms with E-state index in [9.17, 15) is 0 Å². The van der Waals surface area contributed by atoms with Crippen molar-refractivity contribution >= 4 is 36.4 Å². The highest BCUT2D eigenvalue weighted by Gasteiger charge is 2.07. The van der Waals surface area contributed by atoms with Crippen molar-refractivity contribution in [3.05, 3.63) is 77.3 Å². The van der Waals surface area contributed by atoms with E-state index in [1.165, 1.54) is 0 Å². The maximum absolute atomic E-state index is 6.17. The summed E-state index contributed by atoms with van der Waals surface area (Å²) < 4.78 is 5.83. The maximum atomic E-state index is 6.17. The summed E-state index contributed by atoms with van der Waals surface area (Å²) in [5.74, 6) is 1.67. The Morgan fingerprint density at radius 1 is 0.957 bits per heavy atom. The van der Waals surface area contributed by atoms with Gasteiger partial charge in [0.2, 0.25) is 0 Å². The van der Waals surface area contributed by atoms with Crippen LogP contribution in [-0.4, -0.2) is 4.98 Å². The van der Waals surface area contributed by atoms with Gasteiger partial charge in [-0.2, -0.15) is 0 Å². The molecule has 0 aliphatic rings. The highest BCUT2D eigenvalue weighted by atomic mass is 35.5. The molecule has 3 nitrogen and oxygen atoms in total. The van der Waals surface area contributed by atoms with Gasteiger partial charge < -0.3 is 9.73 Å². The maximum Gasteiger partial charge on any atom is 0.135 e. The van der Waals surface area contributed by atoms with Crippen molar-refractivity contribution < 1.29 is 4.42 Å². The summed E-state index contributed by atoms with van der Waals surface area (Å²) in [5.41, 5.74) is 2.06. The molecule has 2 aromatic heterocycles. The predicted octanol–water partition coefficient (Wildman–Crippen LogP) is 5.13. The van der Waals surface area contributed by atoms with Crippen molar-refractivity contribution in [2.75, 3.05) is 0 Å². The molecular formula is C17H17Cl3N2O. The van der Waals surface area contributed by atoms with E-state index in [1.54, 1.807) is 6.20 Å². The molecule has 0 aliphatic heterocycles. The van der Waals surface area contributed by atoms with Crippen molar-refractivity contribution in [2.45, 2.75) is 13.1 Å². The highest BCUT2D eigenvalue weighted by Crippen LogP contribution is 2.28. The molecule has 3 rings (SSSR count). The molecule has 0 bridgehead atoms. The Labute approximate surface area is 152 Å². The van der Waals surface area contributed by atoms with Crippen LogP contribution in [0.5, 0.6) is 0 Å². The normalized spacial score (nSPS) is 9.78. The van der Waals surface area contributed by atoms with Gasteiger partial charge in [-0.3, -0.25) is 4.98 Å². The number of hydrogen-bond acceptors (Lipinski definition) is 3. The number of rotatable bonds is 5. The lowest BCUT2D eigenvalue weighted by Crippen LogP contribution is -2.12. The van der Waals surface area contributed by atoms with E-state index in [1.807, 2.05) is 54.7 Å². The van der Waals surface area contributed by atoms with Crippen LogP contribution in [0.1, 0.15) is 11.3 Å². The van der Waals surface area contributed by atoms with Gasteiger partial charge in [0.15, 0.2) is 0 Å². The quantitative estimate of drug-likeness (QED) is 0.675. The number of nitrogens with one attached hydrogen (secondary N) is 1. The highest BCUT2D eigenvalue weighted by molar-refractivity contribution is 6.33. The predicted molar refractivity (Wildman–Crippen MR) is 98.4 cm³/mol. The SMILES string of the molecule is Cl.Cl.Clc1ccccc1-c1ccc(CNCc2cccnc2)o1. The van der Waals surface area contributed by atoms with Crippen molar-refractivity contribution in [3.8, 4) is 11.3 Å². The Morgan fingerprint density at radius 2 is 1.78 bits per heavy atom. The van der Waals surface area contributed by atoms with Crippen LogP contribution in [0.3, 0.4) is 0 Å². The van der Waals surface area contributed by atoms with Crippen LogP contribution in [0, 0.1) is 0 Å². The zero-order chi connectivity index (χ0) is 14.5. The van der Waals surface area contributed by atoms with Crippen LogP contribution in [0.15, 0.2) is 65.3 Å². The first kappa shape index (κ1) is 19.5. The zero-order valence-corrected chi connectivity index (χ0v) is 14.6. The van der Waals surface area contributed by atoms with Crippen LogP contribution >= 0.6 is 36.4 Å². The van der Waals surface area contributed by atoms with Gasteiger partial charge in [-0.1, -0.05) is 29.8 Å². The van der Waals surface area contributed by atoms with Gasteiger partial charge >= 0.3 is 0 Å². The summed E-state index contributed by atoms with van der Waals surface area (Å²) >= 11 is 6.17. The third kappa shape index (κ3) is 5.26. The zero-order valence-electron chi connectivity index (χ0n) is 12.2. The molecule has 0 saturated carbocycles. The van der Waals surface area contributed by atoms with E-state index in [2.05, 4.69) is 10.3 Å². The van der Waals surface area contributed by atoms with Crippen LogP contribution in [-0.2, 0) is 13.1 Å². The fourth-order valence-electron chi connectivity index (χ4n) is 2.11. The molecule has 1 N–H and O–H groups in total. The Morgan fingerprint density at radius 3 is 2.52 bits per heavy atom. The Balaban J connectivity index is 0.00000132. The summed E-state index contributed by atoms with van der Waals surface area (Å²) in [5, 5.41) is 4.03. The molecule has 0 radical (unpaired) electrons. The smallest absolute Gasteiger partial charge is 0.135 e. The van der Waals surface area contributed by atoms with Gasteiger partial charge in [-0.15, -0.1) is 24.8 Å². The number of pyridine rings is 1. The Kier molecular flexibility index (Phi) is 8.13. The van der Waals surface area contributed by atoms with E-state index >= 15 is 0 Å². The number of benzene rings is 1. The van der Waals surface area contributed by atoms with Gasteiger partial charge in [0.25, 0.3) is 0 Å². The second-order valence-electron chi connectivity index (χ2n) is 4.71. The molecule has 0 unspecified atom stereocenters. The summed E-state index contributed by atoms with van der Waals surface area (Å²) in [6, 6.07) is 15.6. The Hall–Kier alpha value is -1.52. The van der Waals surface area contributed by atoms with Crippen molar-refractivity contribution in [1.29, 1.82) is 0 Å². The number of aromatic nitrogens is 1. The molecule has 0 atom stereocenters. The van der Waals surface area contributed by atoms with Gasteiger partial charge in [-0.05, 0) is 35.9 Å². The molecule has 1 aromatic carbocycles. The second kappa shape index (κ2) is 9.58. The monoisotopic (exact) mass is 370 g/mol. The molecule has 0 fully saturated rings. The molecule has 23 heavy (non-hydrogen) atoms. The van der Waals surface area contributed by atoms with E-state index < -0.39 is 0 Å². The van der Waals surface area contributed by atoms with Gasteiger partial charge in [0.05, 0.1) is 11.6 Å². The first-order chi connectivity index (χ1) is 10.3. The van der Waals surface area contributed by atoms with Crippen molar-refractivity contribution in [3.63, 3.8) is 0 Å². The van der Waals surface area contributed by atoms with Crippen LogP contribution < -0.4 is 5.32 Å². The van der Waals surface area contributed by atoms with Gasteiger partial charge in [-0.25, -0.2) is 0 Å². The van der Waals surface area contributed by atoms with Crippen LogP contribution in [0.4, 0.5) is 0 Å². The summed E-state index contributed by atoms with van der Waals surface area (Å²) in [7, 11) is 0.